The van der Waals surface area contributed by atoms with Crippen LogP contribution in [0, 0.1) is 0 Å². The molecule has 0 amide bonds. The molecule has 106 valence electrons. The minimum Gasteiger partial charge on any atom is -0.390 e. The fourth-order valence-electron chi connectivity index (χ4n) is 1.25. The Morgan fingerprint density at radius 2 is 1.59 bits per heavy atom. The van der Waals surface area contributed by atoms with Crippen molar-refractivity contribution >= 4 is 0 Å². The van der Waals surface area contributed by atoms with E-state index in [1.807, 2.05) is 34.7 Å². The largest absolute Gasteiger partial charge is 0.390 e. The highest BCUT2D eigenvalue weighted by Gasteiger charge is 2.19. The second kappa shape index (κ2) is 8.86. The van der Waals surface area contributed by atoms with Gasteiger partial charge in [-0.2, -0.15) is 0 Å². The van der Waals surface area contributed by atoms with Gasteiger partial charge in [-0.05, 0) is 47.1 Å². The van der Waals surface area contributed by atoms with Gasteiger partial charge in [0, 0.05) is 19.1 Å². The van der Waals surface area contributed by atoms with Crippen molar-refractivity contribution < 1.29 is 5.11 Å². The SMILES string of the molecule is CC.CN(N)CCC(C)(C)NCCC(C)(C)O. The van der Waals surface area contributed by atoms with Crippen LogP contribution in [-0.2, 0) is 0 Å². The maximum atomic E-state index is 9.56. The van der Waals surface area contributed by atoms with Crippen LogP contribution in [0.2, 0.25) is 0 Å². The van der Waals surface area contributed by atoms with Crippen LogP contribution in [0.1, 0.15) is 54.4 Å². The summed E-state index contributed by atoms with van der Waals surface area (Å²) in [6.45, 7) is 13.7. The summed E-state index contributed by atoms with van der Waals surface area (Å²) in [6, 6.07) is 0. The van der Waals surface area contributed by atoms with Crippen LogP contribution < -0.4 is 11.2 Å². The van der Waals surface area contributed by atoms with E-state index < -0.39 is 5.60 Å². The molecule has 0 aliphatic rings. The summed E-state index contributed by atoms with van der Waals surface area (Å²) in [5.74, 6) is 5.56. The summed E-state index contributed by atoms with van der Waals surface area (Å²) in [6.07, 6.45) is 1.75. The van der Waals surface area contributed by atoms with Gasteiger partial charge in [0.25, 0.3) is 0 Å². The molecule has 0 atom stereocenters. The van der Waals surface area contributed by atoms with Gasteiger partial charge in [0.1, 0.15) is 0 Å². The fourth-order valence-corrected chi connectivity index (χ4v) is 1.25. The summed E-state index contributed by atoms with van der Waals surface area (Å²) >= 11 is 0. The van der Waals surface area contributed by atoms with Gasteiger partial charge in [-0.25, -0.2) is 0 Å². The zero-order valence-electron chi connectivity index (χ0n) is 12.8. The van der Waals surface area contributed by atoms with Crippen LogP contribution in [0.4, 0.5) is 0 Å². The van der Waals surface area contributed by atoms with E-state index in [0.29, 0.717) is 0 Å². The Bertz CT molecular complexity index is 174. The summed E-state index contributed by atoms with van der Waals surface area (Å²) < 4.78 is 0. The Morgan fingerprint density at radius 3 is 1.94 bits per heavy atom. The maximum absolute atomic E-state index is 9.56. The molecule has 4 nitrogen and oxygen atoms in total. The van der Waals surface area contributed by atoms with Crippen molar-refractivity contribution in [2.75, 3.05) is 20.1 Å². The molecular formula is C13H33N3O. The Hall–Kier alpha value is -0.160. The monoisotopic (exact) mass is 247 g/mol. The summed E-state index contributed by atoms with van der Waals surface area (Å²) in [5.41, 5.74) is -0.521. The lowest BCUT2D eigenvalue weighted by atomic mass is 9.99. The Balaban J connectivity index is 0. The van der Waals surface area contributed by atoms with Crippen molar-refractivity contribution in [3.63, 3.8) is 0 Å². The number of hydrogen-bond donors (Lipinski definition) is 3. The van der Waals surface area contributed by atoms with Crippen LogP contribution in [0.15, 0.2) is 0 Å². The molecule has 4 heteroatoms. The van der Waals surface area contributed by atoms with Crippen LogP contribution in [-0.4, -0.2) is 41.4 Å². The lowest BCUT2D eigenvalue weighted by Crippen LogP contribution is -2.44. The Kier molecular flexibility index (Phi) is 10.0. The van der Waals surface area contributed by atoms with E-state index in [4.69, 9.17) is 5.84 Å². The molecule has 0 heterocycles. The van der Waals surface area contributed by atoms with E-state index in [9.17, 15) is 5.11 Å². The zero-order valence-corrected chi connectivity index (χ0v) is 12.8. The smallest absolute Gasteiger partial charge is 0.0603 e. The number of rotatable bonds is 7. The first-order valence-corrected chi connectivity index (χ1v) is 6.56. The number of hydrazine groups is 1. The third kappa shape index (κ3) is 15.8. The first-order valence-electron chi connectivity index (χ1n) is 6.56. The predicted molar refractivity (Wildman–Crippen MR) is 75.8 cm³/mol. The molecule has 4 N–H and O–H groups in total. The van der Waals surface area contributed by atoms with Crippen molar-refractivity contribution in [3.8, 4) is 0 Å². The van der Waals surface area contributed by atoms with Crippen LogP contribution in [0.5, 0.6) is 0 Å². The van der Waals surface area contributed by atoms with Crippen LogP contribution in [0.25, 0.3) is 0 Å². The second-order valence-electron chi connectivity index (χ2n) is 5.60. The maximum Gasteiger partial charge on any atom is 0.0603 e. The zero-order chi connectivity index (χ0) is 14.1. The van der Waals surface area contributed by atoms with Crippen LogP contribution in [0.3, 0.4) is 0 Å². The molecule has 0 bridgehead atoms. The normalized spacial score (nSPS) is 12.4. The molecule has 0 spiro atoms. The standard InChI is InChI=1S/C11H27N3O.C2H6/c1-10(2,7-9-14(5)12)13-8-6-11(3,4)15;1-2/h13,15H,6-9,12H2,1-5H3;1-2H3. The van der Waals surface area contributed by atoms with Gasteiger partial charge in [-0.1, -0.05) is 13.8 Å². The molecule has 0 saturated carbocycles. The number of hydrogen-bond acceptors (Lipinski definition) is 4. The number of nitrogens with two attached hydrogens (primary N) is 1. The highest BCUT2D eigenvalue weighted by atomic mass is 16.3. The van der Waals surface area contributed by atoms with Gasteiger partial charge in [-0.15, -0.1) is 0 Å². The second-order valence-corrected chi connectivity index (χ2v) is 5.60. The first kappa shape index (κ1) is 19.2. The topological polar surface area (TPSA) is 61.5 Å². The highest BCUT2D eigenvalue weighted by Crippen LogP contribution is 2.11. The van der Waals surface area contributed by atoms with Crippen LogP contribution >= 0.6 is 0 Å². The van der Waals surface area contributed by atoms with E-state index >= 15 is 0 Å². The fraction of sp³-hybridized carbons (Fsp3) is 1.00. The number of aliphatic hydroxyl groups is 1. The third-order valence-corrected chi connectivity index (χ3v) is 2.43. The van der Waals surface area contributed by atoms with E-state index in [-0.39, 0.29) is 5.54 Å². The van der Waals surface area contributed by atoms with Gasteiger partial charge in [0.15, 0.2) is 0 Å². The third-order valence-electron chi connectivity index (χ3n) is 2.43. The van der Waals surface area contributed by atoms with Gasteiger partial charge in [0.2, 0.25) is 0 Å². The van der Waals surface area contributed by atoms with E-state index in [1.165, 1.54) is 0 Å². The van der Waals surface area contributed by atoms with Crippen molar-refractivity contribution in [2.45, 2.75) is 65.5 Å². The summed E-state index contributed by atoms with van der Waals surface area (Å²) in [7, 11) is 1.87. The molecule has 0 fully saturated rings. The lowest BCUT2D eigenvalue weighted by Gasteiger charge is -2.29. The van der Waals surface area contributed by atoms with E-state index in [0.717, 1.165) is 25.9 Å². The lowest BCUT2D eigenvalue weighted by molar-refractivity contribution is 0.0686. The van der Waals surface area contributed by atoms with E-state index in [1.54, 1.807) is 5.01 Å². The first-order chi connectivity index (χ1) is 7.62. The Morgan fingerprint density at radius 1 is 1.12 bits per heavy atom. The summed E-state index contributed by atoms with van der Waals surface area (Å²) in [4.78, 5) is 0. The van der Waals surface area contributed by atoms with Gasteiger partial charge in [-0.3, -0.25) is 10.9 Å². The van der Waals surface area contributed by atoms with Crippen molar-refractivity contribution in [2.24, 2.45) is 5.84 Å². The van der Waals surface area contributed by atoms with E-state index in [2.05, 4.69) is 19.2 Å². The molecular weight excluding hydrogens is 214 g/mol. The minimum absolute atomic E-state index is 0.0683. The number of nitrogens with zero attached hydrogens (tertiary/aromatic N) is 1. The minimum atomic E-state index is -0.590. The molecule has 0 radical (unpaired) electrons. The molecule has 0 aromatic rings. The van der Waals surface area contributed by atoms with Gasteiger partial charge >= 0.3 is 0 Å². The van der Waals surface area contributed by atoms with Crippen molar-refractivity contribution in [1.29, 1.82) is 0 Å². The highest BCUT2D eigenvalue weighted by molar-refractivity contribution is 4.79. The molecule has 0 aromatic carbocycles. The summed E-state index contributed by atoms with van der Waals surface area (Å²) in [5, 5.41) is 14.7. The van der Waals surface area contributed by atoms with Crippen molar-refractivity contribution in [3.05, 3.63) is 0 Å². The molecule has 0 rings (SSSR count). The molecule has 0 unspecified atom stereocenters. The molecule has 17 heavy (non-hydrogen) atoms. The average molecular weight is 247 g/mol. The quantitative estimate of drug-likeness (QED) is 0.474. The molecule has 0 aliphatic carbocycles. The molecule has 0 aromatic heterocycles. The molecule has 0 aliphatic heterocycles. The van der Waals surface area contributed by atoms with Gasteiger partial charge < -0.3 is 10.4 Å². The molecule has 0 saturated heterocycles. The average Bonchev–Trinajstić information content (AvgIpc) is 2.16. The van der Waals surface area contributed by atoms with Gasteiger partial charge in [0.05, 0.1) is 5.60 Å². The van der Waals surface area contributed by atoms with Crippen molar-refractivity contribution in [1.82, 2.24) is 10.3 Å². The predicted octanol–water partition coefficient (Wildman–Crippen LogP) is 1.74. The number of nitrogens with one attached hydrogen (secondary N) is 1. The Labute approximate surface area is 108 Å².